The molecule has 0 aliphatic carbocycles. The van der Waals surface area contributed by atoms with Gasteiger partial charge in [0, 0.05) is 6.20 Å². The summed E-state index contributed by atoms with van der Waals surface area (Å²) in [5.41, 5.74) is -2.44. The summed E-state index contributed by atoms with van der Waals surface area (Å²) in [6, 6.07) is 5.05. The van der Waals surface area contributed by atoms with Gasteiger partial charge in [0.05, 0.1) is 0 Å². The van der Waals surface area contributed by atoms with Crippen molar-refractivity contribution in [1.82, 2.24) is 14.8 Å². The molecule has 120 valence electrons. The van der Waals surface area contributed by atoms with Crippen molar-refractivity contribution in [2.45, 2.75) is 12.7 Å². The Kier molecular flexibility index (Phi) is 3.84. The minimum absolute atomic E-state index is 0.0195. The zero-order valence-corrected chi connectivity index (χ0v) is 12.8. The van der Waals surface area contributed by atoms with Crippen molar-refractivity contribution in [2.75, 3.05) is 0 Å². The number of halogens is 4. The normalized spacial score (nSPS) is 11.8. The van der Waals surface area contributed by atoms with E-state index in [0.717, 1.165) is 16.7 Å². The second-order valence-electron chi connectivity index (χ2n) is 4.46. The van der Waals surface area contributed by atoms with Crippen LogP contribution < -0.4 is 5.56 Å². The van der Waals surface area contributed by atoms with E-state index in [9.17, 15) is 18.0 Å². The first-order valence-electron chi connectivity index (χ1n) is 6.19. The van der Waals surface area contributed by atoms with E-state index in [1.165, 1.54) is 6.20 Å². The van der Waals surface area contributed by atoms with Crippen LogP contribution >= 0.6 is 15.9 Å². The second kappa shape index (κ2) is 5.69. The maximum atomic E-state index is 12.7. The molecule has 0 amide bonds. The molecule has 3 rings (SSSR count). The fraction of sp³-hybridized carbons (Fsp3) is 0.154. The summed E-state index contributed by atoms with van der Waals surface area (Å²) in [7, 11) is 0. The Hall–Kier alpha value is -2.36. The molecular formula is C13H7BrF3N3O3. The number of alkyl halides is 3. The van der Waals surface area contributed by atoms with Gasteiger partial charge in [-0.15, -0.1) is 10.2 Å². The van der Waals surface area contributed by atoms with Gasteiger partial charge in [0.25, 0.3) is 11.4 Å². The van der Waals surface area contributed by atoms with Crippen LogP contribution in [0.1, 0.15) is 11.5 Å². The lowest BCUT2D eigenvalue weighted by Crippen LogP contribution is -2.28. The van der Waals surface area contributed by atoms with Crippen LogP contribution in [0.3, 0.4) is 0 Å². The molecule has 0 radical (unpaired) electrons. The smallest absolute Gasteiger partial charge is 0.421 e. The summed E-state index contributed by atoms with van der Waals surface area (Å²) in [6.07, 6.45) is -3.51. The molecule has 0 spiro atoms. The summed E-state index contributed by atoms with van der Waals surface area (Å²) in [4.78, 5) is 11.8. The highest BCUT2D eigenvalue weighted by Crippen LogP contribution is 2.26. The van der Waals surface area contributed by atoms with Gasteiger partial charge < -0.3 is 13.4 Å². The van der Waals surface area contributed by atoms with Crippen LogP contribution in [-0.2, 0) is 12.7 Å². The van der Waals surface area contributed by atoms with E-state index >= 15 is 0 Å². The third kappa shape index (κ3) is 3.21. The standard InChI is InChI=1S/C13H7BrF3N3O3/c14-9-4-3-8(22-9)11-19-18-10(23-11)6-20-5-1-2-7(12(20)21)13(15,16)17/h1-5H,6H2. The summed E-state index contributed by atoms with van der Waals surface area (Å²) in [5.74, 6) is 0.340. The van der Waals surface area contributed by atoms with Crippen molar-refractivity contribution in [1.29, 1.82) is 0 Å². The number of furan rings is 1. The topological polar surface area (TPSA) is 74.1 Å². The van der Waals surface area contributed by atoms with Gasteiger partial charge >= 0.3 is 6.18 Å². The largest absolute Gasteiger partial charge is 0.444 e. The van der Waals surface area contributed by atoms with Crippen molar-refractivity contribution in [2.24, 2.45) is 0 Å². The highest BCUT2D eigenvalue weighted by Gasteiger charge is 2.34. The van der Waals surface area contributed by atoms with Crippen molar-refractivity contribution in [3.63, 3.8) is 0 Å². The molecule has 0 atom stereocenters. The predicted octanol–water partition coefficient (Wildman–Crippen LogP) is 3.32. The lowest BCUT2D eigenvalue weighted by atomic mass is 10.2. The highest BCUT2D eigenvalue weighted by molar-refractivity contribution is 9.10. The van der Waals surface area contributed by atoms with E-state index in [4.69, 9.17) is 8.83 Å². The molecule has 0 bridgehead atoms. The third-order valence-corrected chi connectivity index (χ3v) is 3.31. The van der Waals surface area contributed by atoms with Gasteiger partial charge in [-0.2, -0.15) is 13.2 Å². The van der Waals surface area contributed by atoms with Crippen LogP contribution in [0.2, 0.25) is 0 Å². The first-order valence-corrected chi connectivity index (χ1v) is 6.98. The molecule has 23 heavy (non-hydrogen) atoms. The molecule has 0 N–H and O–H groups in total. The molecule has 0 aliphatic rings. The molecule has 0 aromatic carbocycles. The average Bonchev–Trinajstić information content (AvgIpc) is 3.09. The summed E-state index contributed by atoms with van der Waals surface area (Å²) in [6.45, 7) is -0.280. The van der Waals surface area contributed by atoms with E-state index in [-0.39, 0.29) is 18.3 Å². The predicted molar refractivity (Wildman–Crippen MR) is 74.5 cm³/mol. The van der Waals surface area contributed by atoms with E-state index in [1.54, 1.807) is 12.1 Å². The Bertz CT molecular complexity index is 897. The Morgan fingerprint density at radius 2 is 1.96 bits per heavy atom. The van der Waals surface area contributed by atoms with Crippen molar-refractivity contribution in [3.05, 3.63) is 56.9 Å². The van der Waals surface area contributed by atoms with Crippen molar-refractivity contribution < 1.29 is 22.0 Å². The molecule has 0 aliphatic heterocycles. The van der Waals surface area contributed by atoms with E-state index in [2.05, 4.69) is 26.1 Å². The minimum Gasteiger partial charge on any atom is -0.444 e. The van der Waals surface area contributed by atoms with Gasteiger partial charge in [-0.1, -0.05) is 0 Å². The maximum Gasteiger partial charge on any atom is 0.421 e. The van der Waals surface area contributed by atoms with Crippen LogP contribution in [-0.4, -0.2) is 14.8 Å². The van der Waals surface area contributed by atoms with Gasteiger partial charge in [0.2, 0.25) is 5.89 Å². The van der Waals surface area contributed by atoms with Crippen LogP contribution in [0.25, 0.3) is 11.7 Å². The highest BCUT2D eigenvalue weighted by atomic mass is 79.9. The monoisotopic (exact) mass is 389 g/mol. The molecular weight excluding hydrogens is 383 g/mol. The van der Waals surface area contributed by atoms with Gasteiger partial charge in [-0.25, -0.2) is 0 Å². The van der Waals surface area contributed by atoms with Crippen molar-refractivity contribution in [3.8, 4) is 11.7 Å². The quantitative estimate of drug-likeness (QED) is 0.686. The second-order valence-corrected chi connectivity index (χ2v) is 5.24. The van der Waals surface area contributed by atoms with E-state index in [0.29, 0.717) is 10.4 Å². The molecule has 10 heteroatoms. The number of pyridine rings is 1. The van der Waals surface area contributed by atoms with E-state index in [1.807, 2.05) is 0 Å². The zero-order chi connectivity index (χ0) is 16.6. The molecule has 6 nitrogen and oxygen atoms in total. The van der Waals surface area contributed by atoms with Crippen LogP contribution in [0.5, 0.6) is 0 Å². The van der Waals surface area contributed by atoms with Crippen LogP contribution in [0.15, 0.2) is 48.8 Å². The molecule has 3 aromatic rings. The maximum absolute atomic E-state index is 12.7. The Labute approximate surface area is 134 Å². The summed E-state index contributed by atoms with van der Waals surface area (Å²) >= 11 is 3.12. The van der Waals surface area contributed by atoms with Gasteiger partial charge in [0.15, 0.2) is 10.4 Å². The van der Waals surface area contributed by atoms with Crippen LogP contribution in [0.4, 0.5) is 13.2 Å². The van der Waals surface area contributed by atoms with Gasteiger partial charge in [0.1, 0.15) is 12.1 Å². The average molecular weight is 390 g/mol. The Morgan fingerprint density at radius 3 is 2.61 bits per heavy atom. The van der Waals surface area contributed by atoms with Crippen LogP contribution in [0, 0.1) is 0 Å². The lowest BCUT2D eigenvalue weighted by molar-refractivity contribution is -0.138. The molecule has 0 unspecified atom stereocenters. The fourth-order valence-corrected chi connectivity index (χ4v) is 2.18. The molecule has 0 saturated carbocycles. The Morgan fingerprint density at radius 1 is 1.17 bits per heavy atom. The van der Waals surface area contributed by atoms with E-state index < -0.39 is 17.3 Å². The molecule has 0 saturated heterocycles. The number of aromatic nitrogens is 3. The number of hydrogen-bond acceptors (Lipinski definition) is 5. The number of rotatable bonds is 3. The number of hydrogen-bond donors (Lipinski definition) is 0. The lowest BCUT2D eigenvalue weighted by Gasteiger charge is -2.08. The zero-order valence-electron chi connectivity index (χ0n) is 11.2. The number of nitrogens with zero attached hydrogens (tertiary/aromatic N) is 3. The summed E-state index contributed by atoms with van der Waals surface area (Å²) < 4.78 is 50.0. The third-order valence-electron chi connectivity index (χ3n) is 2.88. The van der Waals surface area contributed by atoms with Gasteiger partial charge in [-0.3, -0.25) is 4.79 Å². The van der Waals surface area contributed by atoms with Crippen molar-refractivity contribution >= 4 is 15.9 Å². The first-order chi connectivity index (χ1) is 10.8. The molecule has 0 fully saturated rings. The molecule has 3 aromatic heterocycles. The molecule has 3 heterocycles. The summed E-state index contributed by atoms with van der Waals surface area (Å²) in [5, 5.41) is 7.43. The Balaban J connectivity index is 1.89. The first kappa shape index (κ1) is 15.5. The van der Waals surface area contributed by atoms with Gasteiger partial charge in [-0.05, 0) is 40.2 Å². The fourth-order valence-electron chi connectivity index (χ4n) is 1.87. The minimum atomic E-state index is -4.72. The SMILES string of the molecule is O=c1c(C(F)(F)F)cccn1Cc1nnc(-c2ccc(Br)o2)o1.